The van der Waals surface area contributed by atoms with E-state index in [0.717, 1.165) is 22.4 Å². The van der Waals surface area contributed by atoms with E-state index in [2.05, 4.69) is 31.0 Å². The molecule has 0 N–H and O–H groups in total. The summed E-state index contributed by atoms with van der Waals surface area (Å²) < 4.78 is 5.89. The molecule has 0 aliphatic carbocycles. The number of aromatic nitrogens is 1. The van der Waals surface area contributed by atoms with Gasteiger partial charge < -0.3 is 4.74 Å². The van der Waals surface area contributed by atoms with Crippen LogP contribution in [-0.4, -0.2) is 4.98 Å². The summed E-state index contributed by atoms with van der Waals surface area (Å²) in [4.78, 5) is 4.00. The van der Waals surface area contributed by atoms with Crippen LogP contribution in [-0.2, 0) is 6.61 Å². The van der Waals surface area contributed by atoms with E-state index in [9.17, 15) is 0 Å². The number of ether oxygens (including phenoxy) is 1. The van der Waals surface area contributed by atoms with Gasteiger partial charge in [0, 0.05) is 5.56 Å². The molecule has 0 amide bonds. The zero-order valence-electron chi connectivity index (χ0n) is 11.1. The Balaban J connectivity index is 2.21. The Morgan fingerprint density at radius 3 is 2.37 bits per heavy atom. The average molecular weight is 296 g/mol. The van der Waals surface area contributed by atoms with Crippen LogP contribution in [0.15, 0.2) is 24.3 Å². The van der Waals surface area contributed by atoms with Crippen LogP contribution in [0.4, 0.5) is 0 Å². The van der Waals surface area contributed by atoms with Gasteiger partial charge in [-0.3, -0.25) is 0 Å². The van der Waals surface area contributed by atoms with Crippen LogP contribution in [0.3, 0.4) is 0 Å². The monoisotopic (exact) mass is 295 g/mol. The minimum atomic E-state index is 0.383. The number of halogens is 2. The van der Waals surface area contributed by atoms with Crippen LogP contribution in [0, 0.1) is 20.8 Å². The third kappa shape index (κ3) is 3.20. The zero-order valence-corrected chi connectivity index (χ0v) is 12.6. The molecule has 0 saturated heterocycles. The van der Waals surface area contributed by atoms with Crippen LogP contribution in [0.1, 0.15) is 22.3 Å². The maximum absolute atomic E-state index is 6.03. The molecule has 0 unspecified atom stereocenters. The van der Waals surface area contributed by atoms with E-state index in [1.807, 2.05) is 13.0 Å². The molecular weight excluding hydrogens is 281 g/mol. The Morgan fingerprint density at radius 2 is 1.68 bits per heavy atom. The fraction of sp³-hybridized carbons (Fsp3) is 0.267. The van der Waals surface area contributed by atoms with Crippen molar-refractivity contribution in [3.63, 3.8) is 0 Å². The second kappa shape index (κ2) is 5.81. The third-order valence-corrected chi connectivity index (χ3v) is 3.68. The molecule has 1 heterocycles. The molecule has 4 heteroatoms. The summed E-state index contributed by atoms with van der Waals surface area (Å²) in [7, 11) is 0. The molecule has 0 bridgehead atoms. The van der Waals surface area contributed by atoms with Crippen LogP contribution in [0.2, 0.25) is 10.3 Å². The first kappa shape index (κ1) is 14.2. The van der Waals surface area contributed by atoms with Crippen molar-refractivity contribution in [2.45, 2.75) is 27.4 Å². The van der Waals surface area contributed by atoms with Gasteiger partial charge in [0.2, 0.25) is 0 Å². The van der Waals surface area contributed by atoms with Crippen molar-refractivity contribution < 1.29 is 4.74 Å². The van der Waals surface area contributed by atoms with Crippen molar-refractivity contribution in [3.05, 3.63) is 56.8 Å². The Morgan fingerprint density at radius 1 is 1.00 bits per heavy atom. The maximum atomic E-state index is 6.03. The standard InChI is InChI=1S/C15H15Cl2NO/c1-9-4-5-10(2)14(11(9)3)19-8-12-6-7-13(16)18-15(12)17/h4-7H,8H2,1-3H3. The summed E-state index contributed by atoms with van der Waals surface area (Å²) in [5, 5.41) is 0.770. The van der Waals surface area contributed by atoms with Crippen molar-refractivity contribution in [1.29, 1.82) is 0 Å². The molecule has 0 spiro atoms. The number of pyridine rings is 1. The molecule has 0 aliphatic heterocycles. The number of rotatable bonds is 3. The first-order valence-electron chi connectivity index (χ1n) is 5.99. The minimum absolute atomic E-state index is 0.383. The number of aryl methyl sites for hydroxylation is 2. The Bertz CT molecular complexity index is 611. The van der Waals surface area contributed by atoms with Gasteiger partial charge in [-0.1, -0.05) is 35.3 Å². The predicted octanol–water partition coefficient (Wildman–Crippen LogP) is 4.89. The highest BCUT2D eigenvalue weighted by atomic mass is 35.5. The molecule has 2 rings (SSSR count). The van der Waals surface area contributed by atoms with Gasteiger partial charge in [0.25, 0.3) is 0 Å². The second-order valence-electron chi connectivity index (χ2n) is 4.53. The molecular formula is C15H15Cl2NO. The molecule has 0 radical (unpaired) electrons. The SMILES string of the molecule is Cc1ccc(C)c(OCc2ccc(Cl)nc2Cl)c1C. The van der Waals surface area contributed by atoms with Gasteiger partial charge in [-0.05, 0) is 49.6 Å². The predicted molar refractivity (Wildman–Crippen MR) is 79.2 cm³/mol. The Hall–Kier alpha value is -1.25. The minimum Gasteiger partial charge on any atom is -0.488 e. The summed E-state index contributed by atoms with van der Waals surface area (Å²) in [5.74, 6) is 0.908. The van der Waals surface area contributed by atoms with E-state index in [0.29, 0.717) is 16.9 Å². The quantitative estimate of drug-likeness (QED) is 0.752. The smallest absolute Gasteiger partial charge is 0.137 e. The van der Waals surface area contributed by atoms with E-state index in [-0.39, 0.29) is 0 Å². The van der Waals surface area contributed by atoms with E-state index < -0.39 is 0 Å². The molecule has 0 fully saturated rings. The molecule has 0 atom stereocenters. The number of hydrogen-bond acceptors (Lipinski definition) is 2. The van der Waals surface area contributed by atoms with Crippen molar-refractivity contribution >= 4 is 23.2 Å². The first-order valence-corrected chi connectivity index (χ1v) is 6.75. The zero-order chi connectivity index (χ0) is 14.0. The fourth-order valence-corrected chi connectivity index (χ4v) is 2.25. The van der Waals surface area contributed by atoms with Gasteiger partial charge in [0.05, 0.1) is 0 Å². The number of hydrogen-bond donors (Lipinski definition) is 0. The average Bonchev–Trinajstić information content (AvgIpc) is 2.36. The fourth-order valence-electron chi connectivity index (χ4n) is 1.85. The normalized spacial score (nSPS) is 10.6. The van der Waals surface area contributed by atoms with Crippen molar-refractivity contribution in [2.75, 3.05) is 0 Å². The number of benzene rings is 1. The lowest BCUT2D eigenvalue weighted by Gasteiger charge is -2.14. The lowest BCUT2D eigenvalue weighted by molar-refractivity contribution is 0.301. The van der Waals surface area contributed by atoms with Gasteiger partial charge >= 0.3 is 0 Å². The van der Waals surface area contributed by atoms with Crippen molar-refractivity contribution in [1.82, 2.24) is 4.98 Å². The molecule has 2 aromatic rings. The molecule has 0 saturated carbocycles. The van der Waals surface area contributed by atoms with Crippen LogP contribution in [0.25, 0.3) is 0 Å². The van der Waals surface area contributed by atoms with Crippen molar-refractivity contribution in [2.24, 2.45) is 0 Å². The lowest BCUT2D eigenvalue weighted by atomic mass is 10.1. The second-order valence-corrected chi connectivity index (χ2v) is 5.27. The summed E-state index contributed by atoms with van der Waals surface area (Å²) in [6, 6.07) is 7.69. The highest BCUT2D eigenvalue weighted by Crippen LogP contribution is 2.27. The number of nitrogens with zero attached hydrogens (tertiary/aromatic N) is 1. The highest BCUT2D eigenvalue weighted by molar-refractivity contribution is 6.32. The molecule has 1 aromatic carbocycles. The first-order chi connectivity index (χ1) is 8.99. The van der Waals surface area contributed by atoms with E-state index in [4.69, 9.17) is 27.9 Å². The molecule has 2 nitrogen and oxygen atoms in total. The van der Waals surface area contributed by atoms with Crippen LogP contribution < -0.4 is 4.74 Å². The summed E-state index contributed by atoms with van der Waals surface area (Å²) >= 11 is 11.8. The summed E-state index contributed by atoms with van der Waals surface area (Å²) in [5.41, 5.74) is 4.30. The van der Waals surface area contributed by atoms with Crippen LogP contribution >= 0.6 is 23.2 Å². The van der Waals surface area contributed by atoms with Gasteiger partial charge in [-0.2, -0.15) is 0 Å². The van der Waals surface area contributed by atoms with E-state index in [1.54, 1.807) is 6.07 Å². The molecule has 19 heavy (non-hydrogen) atoms. The molecule has 100 valence electrons. The van der Waals surface area contributed by atoms with E-state index in [1.165, 1.54) is 5.56 Å². The Labute approximate surface area is 123 Å². The van der Waals surface area contributed by atoms with Crippen LogP contribution in [0.5, 0.6) is 5.75 Å². The highest BCUT2D eigenvalue weighted by Gasteiger charge is 2.09. The maximum Gasteiger partial charge on any atom is 0.137 e. The summed E-state index contributed by atoms with van der Waals surface area (Å²) in [6.45, 7) is 6.54. The van der Waals surface area contributed by atoms with Gasteiger partial charge in [-0.25, -0.2) is 4.98 Å². The largest absolute Gasteiger partial charge is 0.488 e. The molecule has 0 aliphatic rings. The van der Waals surface area contributed by atoms with Crippen molar-refractivity contribution in [3.8, 4) is 5.75 Å². The Kier molecular flexibility index (Phi) is 4.33. The third-order valence-electron chi connectivity index (χ3n) is 3.14. The van der Waals surface area contributed by atoms with Gasteiger partial charge in [-0.15, -0.1) is 0 Å². The lowest BCUT2D eigenvalue weighted by Crippen LogP contribution is -2.01. The van der Waals surface area contributed by atoms with Gasteiger partial charge in [0.1, 0.15) is 22.7 Å². The van der Waals surface area contributed by atoms with E-state index >= 15 is 0 Å². The molecule has 1 aromatic heterocycles. The topological polar surface area (TPSA) is 22.1 Å². The summed E-state index contributed by atoms with van der Waals surface area (Å²) in [6.07, 6.45) is 0. The van der Waals surface area contributed by atoms with Gasteiger partial charge in [0.15, 0.2) is 0 Å².